The fraction of sp³-hybridized carbons (Fsp3) is 0.312. The van der Waals surface area contributed by atoms with Crippen molar-refractivity contribution in [2.45, 2.75) is 13.0 Å². The molecule has 6 heteroatoms. The number of amides is 1. The Morgan fingerprint density at radius 2 is 1.95 bits per heavy atom. The summed E-state index contributed by atoms with van der Waals surface area (Å²) in [5, 5.41) is 7.43. The van der Waals surface area contributed by atoms with Crippen LogP contribution in [0.4, 0.5) is 0 Å². The van der Waals surface area contributed by atoms with Gasteiger partial charge in [-0.1, -0.05) is 6.07 Å². The molecular formula is C16H17N3O3. The van der Waals surface area contributed by atoms with Crippen LogP contribution in [0.2, 0.25) is 0 Å². The number of fused-ring (bicyclic) bond motifs is 1. The van der Waals surface area contributed by atoms with Crippen LogP contribution in [0, 0.1) is 0 Å². The van der Waals surface area contributed by atoms with Gasteiger partial charge < -0.3 is 14.4 Å². The number of hydrogen-bond acceptors (Lipinski definition) is 5. The van der Waals surface area contributed by atoms with Crippen molar-refractivity contribution in [1.29, 1.82) is 0 Å². The fourth-order valence-corrected chi connectivity index (χ4v) is 2.34. The Hall–Kier alpha value is -2.63. The van der Waals surface area contributed by atoms with E-state index < -0.39 is 0 Å². The second-order valence-corrected chi connectivity index (χ2v) is 5.13. The van der Waals surface area contributed by atoms with Crippen molar-refractivity contribution >= 4 is 5.91 Å². The van der Waals surface area contributed by atoms with Crippen LogP contribution in [0.5, 0.6) is 11.5 Å². The first-order valence-corrected chi connectivity index (χ1v) is 7.10. The third-order valence-corrected chi connectivity index (χ3v) is 3.78. The van der Waals surface area contributed by atoms with Gasteiger partial charge in [0.1, 0.15) is 13.2 Å². The molecule has 1 aliphatic heterocycles. The fourth-order valence-electron chi connectivity index (χ4n) is 2.34. The van der Waals surface area contributed by atoms with Crippen molar-refractivity contribution in [1.82, 2.24) is 15.1 Å². The summed E-state index contributed by atoms with van der Waals surface area (Å²) >= 11 is 0. The molecule has 114 valence electrons. The molecule has 0 spiro atoms. The molecule has 0 saturated heterocycles. The number of rotatable bonds is 3. The van der Waals surface area contributed by atoms with Gasteiger partial charge >= 0.3 is 0 Å². The summed E-state index contributed by atoms with van der Waals surface area (Å²) in [6.07, 6.45) is 2.98. The zero-order valence-corrected chi connectivity index (χ0v) is 12.5. The highest BCUT2D eigenvalue weighted by atomic mass is 16.6. The number of nitrogens with zero attached hydrogens (tertiary/aromatic N) is 3. The average Bonchev–Trinajstić information content (AvgIpc) is 2.60. The third kappa shape index (κ3) is 2.72. The predicted molar refractivity (Wildman–Crippen MR) is 80.0 cm³/mol. The number of hydrogen-bond donors (Lipinski definition) is 0. The van der Waals surface area contributed by atoms with Crippen LogP contribution in [0.15, 0.2) is 36.7 Å². The average molecular weight is 299 g/mol. The molecule has 22 heavy (non-hydrogen) atoms. The molecule has 0 saturated carbocycles. The first-order chi connectivity index (χ1) is 10.7. The van der Waals surface area contributed by atoms with Gasteiger partial charge in [-0.05, 0) is 30.7 Å². The van der Waals surface area contributed by atoms with Crippen molar-refractivity contribution in [3.63, 3.8) is 0 Å². The summed E-state index contributed by atoms with van der Waals surface area (Å²) in [5.74, 6) is 1.37. The maximum Gasteiger partial charge on any atom is 0.255 e. The summed E-state index contributed by atoms with van der Waals surface area (Å²) in [7, 11) is 1.77. The minimum absolute atomic E-state index is 0.0997. The van der Waals surface area contributed by atoms with Crippen molar-refractivity contribution in [2.75, 3.05) is 20.3 Å². The Morgan fingerprint density at radius 1 is 1.18 bits per heavy atom. The molecule has 3 rings (SSSR count). The molecule has 0 radical (unpaired) electrons. The summed E-state index contributed by atoms with van der Waals surface area (Å²) in [4.78, 5) is 14.1. The van der Waals surface area contributed by atoms with Gasteiger partial charge in [0, 0.05) is 7.05 Å². The van der Waals surface area contributed by atoms with E-state index in [1.807, 2.05) is 25.1 Å². The molecule has 1 atom stereocenters. The van der Waals surface area contributed by atoms with Crippen molar-refractivity contribution < 1.29 is 14.3 Å². The first-order valence-electron chi connectivity index (χ1n) is 7.10. The molecule has 2 heterocycles. The van der Waals surface area contributed by atoms with Gasteiger partial charge in [-0.3, -0.25) is 4.79 Å². The maximum atomic E-state index is 12.5. The Bertz CT molecular complexity index is 676. The highest BCUT2D eigenvalue weighted by molar-refractivity contribution is 5.93. The van der Waals surface area contributed by atoms with Crippen LogP contribution in [0.25, 0.3) is 0 Å². The Labute approximate surface area is 128 Å². The minimum atomic E-state index is -0.100. The van der Waals surface area contributed by atoms with Gasteiger partial charge in [0.15, 0.2) is 11.5 Å². The van der Waals surface area contributed by atoms with Crippen LogP contribution in [-0.2, 0) is 0 Å². The molecule has 0 fully saturated rings. The van der Waals surface area contributed by atoms with Crippen LogP contribution < -0.4 is 9.47 Å². The van der Waals surface area contributed by atoms with E-state index in [1.165, 1.54) is 12.4 Å². The molecule has 1 amide bonds. The molecular weight excluding hydrogens is 282 g/mol. The molecule has 1 aromatic carbocycles. The highest BCUT2D eigenvalue weighted by Crippen LogP contribution is 2.33. The number of aromatic nitrogens is 2. The molecule has 1 aliphatic rings. The quantitative estimate of drug-likeness (QED) is 0.868. The van der Waals surface area contributed by atoms with E-state index in [-0.39, 0.29) is 11.9 Å². The summed E-state index contributed by atoms with van der Waals surface area (Å²) in [6.45, 7) is 3.08. The summed E-state index contributed by atoms with van der Waals surface area (Å²) < 4.78 is 11.1. The van der Waals surface area contributed by atoms with E-state index in [9.17, 15) is 4.79 Å². The SMILES string of the molecule is C[C@H](c1ccc2c(c1)OCCO2)N(C)C(=O)c1ccnnc1. The van der Waals surface area contributed by atoms with Crippen LogP contribution in [-0.4, -0.2) is 41.3 Å². The molecule has 1 aromatic heterocycles. The lowest BCUT2D eigenvalue weighted by atomic mass is 10.1. The van der Waals surface area contributed by atoms with E-state index >= 15 is 0 Å². The minimum Gasteiger partial charge on any atom is -0.486 e. The molecule has 2 aromatic rings. The second kappa shape index (κ2) is 6.01. The molecule has 0 N–H and O–H groups in total. The van der Waals surface area contributed by atoms with Gasteiger partial charge in [-0.2, -0.15) is 10.2 Å². The van der Waals surface area contributed by atoms with Crippen molar-refractivity contribution in [3.8, 4) is 11.5 Å². The lowest BCUT2D eigenvalue weighted by Crippen LogP contribution is -2.30. The van der Waals surface area contributed by atoms with E-state index in [1.54, 1.807) is 18.0 Å². The highest BCUT2D eigenvalue weighted by Gasteiger charge is 2.21. The molecule has 0 aliphatic carbocycles. The van der Waals surface area contributed by atoms with E-state index in [4.69, 9.17) is 9.47 Å². The standard InChI is InChI=1S/C16H17N3O3/c1-11(19(2)16(20)13-5-6-17-18-10-13)12-3-4-14-15(9-12)22-8-7-21-14/h3-6,9-11H,7-8H2,1-2H3/t11-/m1/s1. The molecule has 0 unspecified atom stereocenters. The Morgan fingerprint density at radius 3 is 2.68 bits per heavy atom. The zero-order valence-electron chi connectivity index (χ0n) is 12.5. The van der Waals surface area contributed by atoms with Crippen LogP contribution in [0.1, 0.15) is 28.9 Å². The largest absolute Gasteiger partial charge is 0.486 e. The number of ether oxygens (including phenoxy) is 2. The Balaban J connectivity index is 1.81. The third-order valence-electron chi connectivity index (χ3n) is 3.78. The van der Waals surface area contributed by atoms with E-state index in [0.717, 1.165) is 17.1 Å². The van der Waals surface area contributed by atoms with Gasteiger partial charge in [-0.25, -0.2) is 0 Å². The number of carbonyl (C=O) groups is 1. The van der Waals surface area contributed by atoms with Gasteiger partial charge in [0.05, 0.1) is 24.0 Å². The molecule has 6 nitrogen and oxygen atoms in total. The smallest absolute Gasteiger partial charge is 0.255 e. The zero-order chi connectivity index (χ0) is 15.5. The second-order valence-electron chi connectivity index (χ2n) is 5.13. The van der Waals surface area contributed by atoms with Gasteiger partial charge in [0.2, 0.25) is 0 Å². The number of benzene rings is 1. The number of carbonyl (C=O) groups excluding carboxylic acids is 1. The lowest BCUT2D eigenvalue weighted by molar-refractivity contribution is 0.0741. The van der Waals surface area contributed by atoms with Gasteiger partial charge in [-0.15, -0.1) is 0 Å². The van der Waals surface area contributed by atoms with E-state index in [2.05, 4.69) is 10.2 Å². The predicted octanol–water partition coefficient (Wildman–Crippen LogP) is 2.08. The lowest BCUT2D eigenvalue weighted by Gasteiger charge is -2.27. The van der Waals surface area contributed by atoms with Crippen molar-refractivity contribution in [2.24, 2.45) is 0 Å². The summed E-state index contributed by atoms with van der Waals surface area (Å²) in [5.41, 5.74) is 1.50. The maximum absolute atomic E-state index is 12.5. The van der Waals surface area contributed by atoms with Crippen molar-refractivity contribution in [3.05, 3.63) is 47.8 Å². The normalized spacial score (nSPS) is 14.3. The van der Waals surface area contributed by atoms with E-state index in [0.29, 0.717) is 18.8 Å². The van der Waals surface area contributed by atoms with Gasteiger partial charge in [0.25, 0.3) is 5.91 Å². The molecule has 0 bridgehead atoms. The van der Waals surface area contributed by atoms with Crippen LogP contribution >= 0.6 is 0 Å². The first kappa shape index (κ1) is 14.3. The topological polar surface area (TPSA) is 64.6 Å². The summed E-state index contributed by atoms with van der Waals surface area (Å²) in [6, 6.07) is 7.31. The Kier molecular flexibility index (Phi) is 3.91. The monoisotopic (exact) mass is 299 g/mol. The van der Waals surface area contributed by atoms with Crippen LogP contribution in [0.3, 0.4) is 0 Å².